The molecule has 1 aliphatic rings. The first kappa shape index (κ1) is 18.1. The fraction of sp³-hybridized carbons (Fsp3) is 0.333. The van der Waals surface area contributed by atoms with Crippen molar-refractivity contribution in [1.29, 1.82) is 0 Å². The fourth-order valence-electron chi connectivity index (χ4n) is 3.15. The smallest absolute Gasteiger partial charge is 0.256 e. The zero-order valence-electron chi connectivity index (χ0n) is 15.2. The lowest BCUT2D eigenvalue weighted by molar-refractivity contribution is -0.152. The third-order valence-electron chi connectivity index (χ3n) is 4.69. The van der Waals surface area contributed by atoms with Gasteiger partial charge in [-0.15, -0.1) is 0 Å². The molecule has 1 heterocycles. The zero-order chi connectivity index (χ0) is 18.5. The molecule has 0 saturated carbocycles. The lowest BCUT2D eigenvalue weighted by atomic mass is 10.1. The van der Waals surface area contributed by atoms with E-state index in [2.05, 4.69) is 0 Å². The summed E-state index contributed by atoms with van der Waals surface area (Å²) >= 11 is 0. The third kappa shape index (κ3) is 4.11. The summed E-state index contributed by atoms with van der Waals surface area (Å²) < 4.78 is 5.40. The van der Waals surface area contributed by atoms with Crippen LogP contribution in [-0.4, -0.2) is 48.4 Å². The molecule has 2 aromatic rings. The molecule has 3 rings (SSSR count). The molecule has 26 heavy (non-hydrogen) atoms. The van der Waals surface area contributed by atoms with Crippen LogP contribution < -0.4 is 0 Å². The Morgan fingerprint density at radius 2 is 1.77 bits per heavy atom. The Kier molecular flexibility index (Phi) is 5.68. The maximum Gasteiger partial charge on any atom is 0.256 e. The maximum atomic E-state index is 12.8. The minimum Gasteiger partial charge on any atom is -0.367 e. The molecule has 0 aliphatic carbocycles. The van der Waals surface area contributed by atoms with Crippen molar-refractivity contribution in [2.75, 3.05) is 26.7 Å². The number of nitrogens with zero attached hydrogens (tertiary/aromatic N) is 2. The van der Waals surface area contributed by atoms with Gasteiger partial charge in [0.25, 0.3) is 5.91 Å². The first-order valence-electron chi connectivity index (χ1n) is 8.78. The van der Waals surface area contributed by atoms with Crippen molar-refractivity contribution in [1.82, 2.24) is 9.80 Å². The van der Waals surface area contributed by atoms with Gasteiger partial charge in [-0.1, -0.05) is 60.2 Å². The van der Waals surface area contributed by atoms with Crippen molar-refractivity contribution < 1.29 is 14.3 Å². The molecule has 0 bridgehead atoms. The van der Waals surface area contributed by atoms with Crippen LogP contribution in [0, 0.1) is 6.92 Å². The molecule has 0 N–H and O–H groups in total. The van der Waals surface area contributed by atoms with Crippen molar-refractivity contribution in [3.8, 4) is 0 Å². The lowest BCUT2D eigenvalue weighted by Gasteiger charge is -2.35. The van der Waals surface area contributed by atoms with Crippen LogP contribution in [-0.2, 0) is 20.9 Å². The number of piperazine rings is 1. The highest BCUT2D eigenvalue weighted by molar-refractivity contribution is 5.88. The van der Waals surface area contributed by atoms with E-state index < -0.39 is 6.10 Å². The van der Waals surface area contributed by atoms with E-state index in [1.165, 1.54) is 12.7 Å². The van der Waals surface area contributed by atoms with Crippen LogP contribution in [0.15, 0.2) is 54.6 Å². The van der Waals surface area contributed by atoms with Gasteiger partial charge in [-0.05, 0) is 18.1 Å². The predicted molar refractivity (Wildman–Crippen MR) is 99.4 cm³/mol. The van der Waals surface area contributed by atoms with E-state index in [1.54, 1.807) is 9.80 Å². The van der Waals surface area contributed by atoms with E-state index in [0.29, 0.717) is 19.6 Å². The molecule has 2 aromatic carbocycles. The summed E-state index contributed by atoms with van der Waals surface area (Å²) in [7, 11) is 1.52. The molecular weight excluding hydrogens is 328 g/mol. The van der Waals surface area contributed by atoms with Crippen LogP contribution >= 0.6 is 0 Å². The molecule has 136 valence electrons. The predicted octanol–water partition coefficient (Wildman–Crippen LogP) is 2.55. The average Bonchev–Trinajstić information content (AvgIpc) is 2.66. The first-order chi connectivity index (χ1) is 12.6. The maximum absolute atomic E-state index is 12.8. The highest BCUT2D eigenvalue weighted by Gasteiger charge is 2.32. The number of methoxy groups -OCH3 is 1. The SMILES string of the molecule is COC(C(=O)N1CCN(Cc2ccc(C)cc2)C(=O)C1)c1ccccc1. The highest BCUT2D eigenvalue weighted by atomic mass is 16.5. The van der Waals surface area contributed by atoms with Gasteiger partial charge < -0.3 is 14.5 Å². The van der Waals surface area contributed by atoms with Gasteiger partial charge in [0.15, 0.2) is 6.10 Å². The summed E-state index contributed by atoms with van der Waals surface area (Å²) in [5, 5.41) is 0. The van der Waals surface area contributed by atoms with Crippen LogP contribution in [0.25, 0.3) is 0 Å². The number of ether oxygens (including phenoxy) is 1. The van der Waals surface area contributed by atoms with Crippen molar-refractivity contribution in [3.63, 3.8) is 0 Å². The molecule has 2 amide bonds. The monoisotopic (exact) mass is 352 g/mol. The number of benzene rings is 2. The van der Waals surface area contributed by atoms with Gasteiger partial charge in [-0.2, -0.15) is 0 Å². The molecular formula is C21H24N2O3. The summed E-state index contributed by atoms with van der Waals surface area (Å²) in [6.07, 6.45) is -0.673. The number of aryl methyl sites for hydroxylation is 1. The molecule has 1 atom stereocenters. The van der Waals surface area contributed by atoms with Crippen molar-refractivity contribution in [3.05, 3.63) is 71.3 Å². The highest BCUT2D eigenvalue weighted by Crippen LogP contribution is 2.21. The van der Waals surface area contributed by atoms with Gasteiger partial charge in [0, 0.05) is 26.7 Å². The van der Waals surface area contributed by atoms with Gasteiger partial charge in [-0.3, -0.25) is 9.59 Å². The molecule has 5 nitrogen and oxygen atoms in total. The molecule has 1 unspecified atom stereocenters. The average molecular weight is 352 g/mol. The minimum atomic E-state index is -0.673. The van der Waals surface area contributed by atoms with Crippen molar-refractivity contribution in [2.24, 2.45) is 0 Å². The van der Waals surface area contributed by atoms with Gasteiger partial charge in [0.05, 0.1) is 6.54 Å². The number of rotatable bonds is 5. The van der Waals surface area contributed by atoms with Gasteiger partial charge >= 0.3 is 0 Å². The van der Waals surface area contributed by atoms with Gasteiger partial charge in [-0.25, -0.2) is 0 Å². The topological polar surface area (TPSA) is 49.9 Å². The van der Waals surface area contributed by atoms with E-state index in [9.17, 15) is 9.59 Å². The van der Waals surface area contributed by atoms with E-state index >= 15 is 0 Å². The van der Waals surface area contributed by atoms with E-state index in [-0.39, 0.29) is 18.4 Å². The van der Waals surface area contributed by atoms with Crippen LogP contribution in [0.2, 0.25) is 0 Å². The second kappa shape index (κ2) is 8.15. The van der Waals surface area contributed by atoms with Gasteiger partial charge in [0.2, 0.25) is 5.91 Å². The Hall–Kier alpha value is -2.66. The number of amides is 2. The van der Waals surface area contributed by atoms with Crippen LogP contribution in [0.3, 0.4) is 0 Å². The molecule has 0 spiro atoms. The van der Waals surface area contributed by atoms with Crippen LogP contribution in [0.5, 0.6) is 0 Å². The second-order valence-electron chi connectivity index (χ2n) is 6.59. The molecule has 1 saturated heterocycles. The number of hydrogen-bond acceptors (Lipinski definition) is 3. The first-order valence-corrected chi connectivity index (χ1v) is 8.78. The Morgan fingerprint density at radius 3 is 2.38 bits per heavy atom. The summed E-state index contributed by atoms with van der Waals surface area (Å²) in [6, 6.07) is 17.5. The quantitative estimate of drug-likeness (QED) is 0.831. The zero-order valence-corrected chi connectivity index (χ0v) is 15.2. The van der Waals surface area contributed by atoms with Crippen molar-refractivity contribution >= 4 is 11.8 Å². The number of carbonyl (C=O) groups is 2. The summed E-state index contributed by atoms with van der Waals surface area (Å²) in [5.74, 6) is -0.199. The summed E-state index contributed by atoms with van der Waals surface area (Å²) in [6.45, 7) is 3.76. The lowest BCUT2D eigenvalue weighted by Crippen LogP contribution is -2.53. The second-order valence-corrected chi connectivity index (χ2v) is 6.59. The minimum absolute atomic E-state index is 0.0342. The molecule has 1 fully saturated rings. The third-order valence-corrected chi connectivity index (χ3v) is 4.69. The number of hydrogen-bond donors (Lipinski definition) is 0. The summed E-state index contributed by atoms with van der Waals surface area (Å²) in [4.78, 5) is 28.7. The van der Waals surface area contributed by atoms with Gasteiger partial charge in [0.1, 0.15) is 0 Å². The van der Waals surface area contributed by atoms with E-state index in [1.807, 2.05) is 61.5 Å². The summed E-state index contributed by atoms with van der Waals surface area (Å²) in [5.41, 5.74) is 3.10. The molecule has 5 heteroatoms. The van der Waals surface area contributed by atoms with Crippen LogP contribution in [0.4, 0.5) is 0 Å². The van der Waals surface area contributed by atoms with E-state index in [0.717, 1.165) is 11.1 Å². The standard InChI is InChI=1S/C21H24N2O3/c1-16-8-10-17(11-9-16)14-22-12-13-23(15-19(22)24)21(25)20(26-2)18-6-4-3-5-7-18/h3-11,20H,12-15H2,1-2H3. The Bertz CT molecular complexity index is 759. The largest absolute Gasteiger partial charge is 0.367 e. The molecule has 1 aliphatic heterocycles. The molecule has 0 aromatic heterocycles. The fourth-order valence-corrected chi connectivity index (χ4v) is 3.15. The van der Waals surface area contributed by atoms with Crippen LogP contribution in [0.1, 0.15) is 22.8 Å². The Morgan fingerprint density at radius 1 is 1.08 bits per heavy atom. The molecule has 0 radical (unpaired) electrons. The van der Waals surface area contributed by atoms with E-state index in [4.69, 9.17) is 4.74 Å². The van der Waals surface area contributed by atoms with Crippen molar-refractivity contribution in [2.45, 2.75) is 19.6 Å². The Balaban J connectivity index is 1.63. The number of carbonyl (C=O) groups excluding carboxylic acids is 2. The Labute approximate surface area is 154 Å². The normalized spacial score (nSPS) is 15.8.